The third kappa shape index (κ3) is 7.07. The van der Waals surface area contributed by atoms with E-state index in [1.807, 2.05) is 6.07 Å². The Balaban J connectivity index is 1.14. The predicted molar refractivity (Wildman–Crippen MR) is 134 cm³/mol. The highest BCUT2D eigenvalue weighted by atomic mass is 35.5. The van der Waals surface area contributed by atoms with Crippen LogP contribution < -0.4 is 10.6 Å². The fraction of sp³-hybridized carbons (Fsp3) is 0.333. The van der Waals surface area contributed by atoms with Gasteiger partial charge in [-0.05, 0) is 36.7 Å². The number of carbonyl (C=O) groups is 2. The van der Waals surface area contributed by atoms with Gasteiger partial charge in [-0.2, -0.15) is 0 Å². The molecule has 0 atom stereocenters. The molecule has 0 spiro atoms. The number of amides is 2. The van der Waals surface area contributed by atoms with Crippen LogP contribution in [0.25, 0.3) is 0 Å². The fourth-order valence-electron chi connectivity index (χ4n) is 3.75. The van der Waals surface area contributed by atoms with Gasteiger partial charge in [0.15, 0.2) is 0 Å². The van der Waals surface area contributed by atoms with E-state index in [1.165, 1.54) is 5.56 Å². The summed E-state index contributed by atoms with van der Waals surface area (Å²) < 4.78 is 0. The van der Waals surface area contributed by atoms with Crippen molar-refractivity contribution >= 4 is 40.4 Å². The summed E-state index contributed by atoms with van der Waals surface area (Å²) >= 11 is 6.90. The number of rotatable bonds is 9. The number of nitrogens with one attached hydrogen (secondary N) is 2. The summed E-state index contributed by atoms with van der Waals surface area (Å²) in [5.74, 6) is -0.739. The lowest BCUT2D eigenvalue weighted by molar-refractivity contribution is 0.0945. The van der Waals surface area contributed by atoms with Crippen molar-refractivity contribution in [3.05, 3.63) is 75.2 Å². The molecule has 2 aromatic carbocycles. The first-order valence-corrected chi connectivity index (χ1v) is 12.4. The van der Waals surface area contributed by atoms with Gasteiger partial charge in [-0.15, -0.1) is 10.2 Å². The summed E-state index contributed by atoms with van der Waals surface area (Å²) in [6, 6.07) is 17.4. The summed E-state index contributed by atoms with van der Waals surface area (Å²) in [7, 11) is 0. The number of hydrogen-bond acceptors (Lipinski definition) is 7. The first-order valence-electron chi connectivity index (χ1n) is 11.2. The molecule has 1 fully saturated rings. The van der Waals surface area contributed by atoms with E-state index in [0.29, 0.717) is 17.3 Å². The van der Waals surface area contributed by atoms with E-state index in [2.05, 4.69) is 54.9 Å². The van der Waals surface area contributed by atoms with Gasteiger partial charge in [0.1, 0.15) is 0 Å². The van der Waals surface area contributed by atoms with Crippen LogP contribution in [0, 0.1) is 0 Å². The Hall–Kier alpha value is -2.85. The lowest BCUT2D eigenvalue weighted by atomic mass is 10.2. The highest BCUT2D eigenvalue weighted by molar-refractivity contribution is 7.15. The van der Waals surface area contributed by atoms with Gasteiger partial charge in [0.25, 0.3) is 11.8 Å². The number of hydrogen-bond donors (Lipinski definition) is 2. The highest BCUT2D eigenvalue weighted by Gasteiger charge is 2.19. The summed E-state index contributed by atoms with van der Waals surface area (Å²) in [4.78, 5) is 29.6. The molecule has 0 bridgehead atoms. The van der Waals surface area contributed by atoms with E-state index in [9.17, 15) is 9.59 Å². The third-order valence-corrected chi connectivity index (χ3v) is 6.70. The SMILES string of the molecule is O=C(NCCCN1CCN(Cc2ccccc2)CC1)c1nnc(C(=O)Nc2cccc(Cl)c2)s1. The Labute approximate surface area is 207 Å². The molecule has 1 aliphatic rings. The van der Waals surface area contributed by atoms with Gasteiger partial charge in [-0.1, -0.05) is 59.3 Å². The number of nitrogens with zero attached hydrogens (tertiary/aromatic N) is 4. The number of benzene rings is 2. The number of carbonyl (C=O) groups excluding carboxylic acids is 2. The van der Waals surface area contributed by atoms with Crippen molar-refractivity contribution in [2.24, 2.45) is 0 Å². The average Bonchev–Trinajstić information content (AvgIpc) is 3.34. The molecule has 0 saturated carbocycles. The standard InChI is InChI=1S/C24H27ClN6O2S/c25-19-8-4-9-20(16-19)27-22(33)24-29-28-23(34-24)21(32)26-10-5-11-30-12-14-31(15-13-30)17-18-6-2-1-3-7-18/h1-4,6-9,16H,5,10-15,17H2,(H,26,32)(H,27,33). The van der Waals surface area contributed by atoms with Crippen molar-refractivity contribution in [1.82, 2.24) is 25.3 Å². The lowest BCUT2D eigenvalue weighted by Gasteiger charge is -2.34. The van der Waals surface area contributed by atoms with Crippen LogP contribution in [0.15, 0.2) is 54.6 Å². The van der Waals surface area contributed by atoms with Crippen molar-refractivity contribution in [1.29, 1.82) is 0 Å². The van der Waals surface area contributed by atoms with Crippen LogP contribution in [-0.4, -0.2) is 71.1 Å². The molecule has 1 saturated heterocycles. The normalized spacial score (nSPS) is 14.6. The van der Waals surface area contributed by atoms with Crippen LogP contribution in [0.4, 0.5) is 5.69 Å². The zero-order valence-electron chi connectivity index (χ0n) is 18.7. The Morgan fingerprint density at radius 2 is 1.62 bits per heavy atom. The zero-order valence-corrected chi connectivity index (χ0v) is 20.3. The Kier molecular flexibility index (Phi) is 8.59. The molecular formula is C24H27ClN6O2S. The minimum absolute atomic E-state index is 0.124. The topological polar surface area (TPSA) is 90.5 Å². The molecule has 34 heavy (non-hydrogen) atoms. The van der Waals surface area contributed by atoms with Gasteiger partial charge in [0, 0.05) is 50.0 Å². The molecule has 0 unspecified atom stereocenters. The number of anilines is 1. The van der Waals surface area contributed by atoms with Gasteiger partial charge in [0.05, 0.1) is 0 Å². The van der Waals surface area contributed by atoms with Crippen molar-refractivity contribution in [3.63, 3.8) is 0 Å². The minimum atomic E-state index is -0.426. The van der Waals surface area contributed by atoms with Crippen LogP contribution in [0.1, 0.15) is 31.6 Å². The second-order valence-electron chi connectivity index (χ2n) is 8.09. The molecule has 4 rings (SSSR count). The molecule has 1 aliphatic heterocycles. The maximum absolute atomic E-state index is 12.4. The monoisotopic (exact) mass is 498 g/mol. The third-order valence-electron chi connectivity index (χ3n) is 5.55. The molecule has 2 N–H and O–H groups in total. The number of aromatic nitrogens is 2. The van der Waals surface area contributed by atoms with Crippen LogP contribution >= 0.6 is 22.9 Å². The predicted octanol–water partition coefficient (Wildman–Crippen LogP) is 3.38. The zero-order chi connectivity index (χ0) is 23.8. The van der Waals surface area contributed by atoms with E-state index in [0.717, 1.165) is 57.0 Å². The van der Waals surface area contributed by atoms with E-state index >= 15 is 0 Å². The van der Waals surface area contributed by atoms with Crippen LogP contribution in [-0.2, 0) is 6.54 Å². The average molecular weight is 499 g/mol. The molecule has 10 heteroatoms. The molecule has 8 nitrogen and oxygen atoms in total. The van der Waals surface area contributed by atoms with Crippen LogP contribution in [0.2, 0.25) is 5.02 Å². The first kappa shape index (κ1) is 24.3. The van der Waals surface area contributed by atoms with E-state index in [1.54, 1.807) is 24.3 Å². The Morgan fingerprint density at radius 1 is 0.912 bits per heavy atom. The van der Waals surface area contributed by atoms with E-state index in [-0.39, 0.29) is 15.9 Å². The van der Waals surface area contributed by atoms with Gasteiger partial charge >= 0.3 is 0 Å². The molecular weight excluding hydrogens is 472 g/mol. The second-order valence-corrected chi connectivity index (χ2v) is 9.50. The number of halogens is 1. The summed E-state index contributed by atoms with van der Waals surface area (Å²) in [6.45, 7) is 6.63. The maximum atomic E-state index is 12.4. The van der Waals surface area contributed by atoms with Gasteiger partial charge in [-0.3, -0.25) is 14.5 Å². The molecule has 1 aromatic heterocycles. The minimum Gasteiger partial charge on any atom is -0.350 e. The van der Waals surface area contributed by atoms with Crippen molar-refractivity contribution in [2.75, 3.05) is 44.6 Å². The van der Waals surface area contributed by atoms with E-state index in [4.69, 9.17) is 11.6 Å². The second kappa shape index (κ2) is 12.0. The van der Waals surface area contributed by atoms with Gasteiger partial charge in [0.2, 0.25) is 10.0 Å². The maximum Gasteiger partial charge on any atom is 0.286 e. The molecule has 2 heterocycles. The van der Waals surface area contributed by atoms with Crippen LogP contribution in [0.5, 0.6) is 0 Å². The summed E-state index contributed by atoms with van der Waals surface area (Å²) in [5.41, 5.74) is 1.90. The van der Waals surface area contributed by atoms with Crippen molar-refractivity contribution in [2.45, 2.75) is 13.0 Å². The van der Waals surface area contributed by atoms with Gasteiger partial charge in [-0.25, -0.2) is 0 Å². The first-order chi connectivity index (χ1) is 16.6. The lowest BCUT2D eigenvalue weighted by Crippen LogP contribution is -2.46. The quantitative estimate of drug-likeness (QED) is 0.439. The Morgan fingerprint density at radius 3 is 2.35 bits per heavy atom. The summed E-state index contributed by atoms with van der Waals surface area (Å²) in [6.07, 6.45) is 0.853. The number of piperazine rings is 1. The van der Waals surface area contributed by atoms with Gasteiger partial charge < -0.3 is 15.5 Å². The Bertz CT molecular complexity index is 1100. The van der Waals surface area contributed by atoms with Crippen LogP contribution in [0.3, 0.4) is 0 Å². The largest absolute Gasteiger partial charge is 0.350 e. The van der Waals surface area contributed by atoms with E-state index < -0.39 is 5.91 Å². The molecule has 2 amide bonds. The smallest absolute Gasteiger partial charge is 0.286 e. The molecule has 178 valence electrons. The summed E-state index contributed by atoms with van der Waals surface area (Å²) in [5, 5.41) is 14.1. The molecule has 0 aliphatic carbocycles. The molecule has 3 aromatic rings. The fourth-order valence-corrected chi connectivity index (χ4v) is 4.60. The highest BCUT2D eigenvalue weighted by Crippen LogP contribution is 2.17. The molecule has 0 radical (unpaired) electrons. The van der Waals surface area contributed by atoms with Crippen molar-refractivity contribution in [3.8, 4) is 0 Å². The van der Waals surface area contributed by atoms with Crippen molar-refractivity contribution < 1.29 is 9.59 Å².